The maximum absolute atomic E-state index is 12.8. The van der Waals surface area contributed by atoms with Crippen LogP contribution in [0.3, 0.4) is 0 Å². The summed E-state index contributed by atoms with van der Waals surface area (Å²) in [7, 11) is 7.16. The predicted octanol–water partition coefficient (Wildman–Crippen LogP) is 4.27. The summed E-state index contributed by atoms with van der Waals surface area (Å²) in [5.41, 5.74) is 5.01. The molecule has 0 saturated carbocycles. The van der Waals surface area contributed by atoms with Crippen LogP contribution in [0.2, 0.25) is 0 Å². The van der Waals surface area contributed by atoms with Crippen LogP contribution in [0.5, 0.6) is 11.5 Å². The molecule has 1 aromatic heterocycles. The van der Waals surface area contributed by atoms with E-state index in [1.54, 1.807) is 20.3 Å². The van der Waals surface area contributed by atoms with E-state index in [0.717, 1.165) is 24.0 Å². The Hall–Kier alpha value is -3.32. The zero-order valence-corrected chi connectivity index (χ0v) is 19.7. The summed E-state index contributed by atoms with van der Waals surface area (Å²) in [6.45, 7) is 0.405. The molecule has 174 valence electrons. The number of fused-ring (bicyclic) bond motifs is 1. The number of hydrogen-bond donors (Lipinski definition) is 1. The fraction of sp³-hybridized carbons (Fsp3) is 0.385. The van der Waals surface area contributed by atoms with Crippen molar-refractivity contribution >= 4 is 5.91 Å². The molecule has 0 aliphatic heterocycles. The number of carbonyl (C=O) groups is 1. The normalized spacial score (nSPS) is 14.0. The van der Waals surface area contributed by atoms with Crippen molar-refractivity contribution in [3.8, 4) is 22.8 Å². The largest absolute Gasteiger partial charge is 0.493 e. The fourth-order valence-corrected chi connectivity index (χ4v) is 4.34. The summed E-state index contributed by atoms with van der Waals surface area (Å²) in [6, 6.07) is 13.8. The van der Waals surface area contributed by atoms with Crippen molar-refractivity contribution < 1.29 is 18.8 Å². The number of rotatable bonds is 8. The number of benzene rings is 2. The monoisotopic (exact) mass is 449 g/mol. The van der Waals surface area contributed by atoms with Crippen molar-refractivity contribution in [2.45, 2.75) is 31.7 Å². The molecule has 1 N–H and O–H groups in total. The maximum Gasteiger partial charge on any atom is 0.273 e. The quantitative estimate of drug-likeness (QED) is 0.553. The van der Waals surface area contributed by atoms with Crippen LogP contribution in [0.25, 0.3) is 11.3 Å². The summed E-state index contributed by atoms with van der Waals surface area (Å²) in [6.07, 6.45) is 4.68. The fourth-order valence-electron chi connectivity index (χ4n) is 4.34. The molecule has 2 aromatic carbocycles. The first-order valence-corrected chi connectivity index (χ1v) is 11.3. The molecule has 0 spiro atoms. The lowest BCUT2D eigenvalue weighted by molar-refractivity contribution is 0.0933. The van der Waals surface area contributed by atoms with Gasteiger partial charge in [-0.05, 0) is 74.7 Å². The number of ether oxygens (including phenoxy) is 2. The average molecular weight is 450 g/mol. The molecule has 0 fully saturated rings. The topological polar surface area (TPSA) is 76.8 Å². The first-order chi connectivity index (χ1) is 16.0. The van der Waals surface area contributed by atoms with Crippen molar-refractivity contribution in [3.63, 3.8) is 0 Å². The third-order valence-corrected chi connectivity index (χ3v) is 6.25. The first kappa shape index (κ1) is 22.9. The van der Waals surface area contributed by atoms with Crippen LogP contribution in [0, 0.1) is 0 Å². The van der Waals surface area contributed by atoms with Gasteiger partial charge in [0.25, 0.3) is 5.91 Å². The van der Waals surface area contributed by atoms with E-state index < -0.39 is 0 Å². The second-order valence-corrected chi connectivity index (χ2v) is 8.57. The summed E-state index contributed by atoms with van der Waals surface area (Å²) in [5, 5.41) is 7.00. The van der Waals surface area contributed by atoms with Gasteiger partial charge in [-0.25, -0.2) is 0 Å². The summed E-state index contributed by atoms with van der Waals surface area (Å²) < 4.78 is 16.3. The number of nitrogens with one attached hydrogen (secondary N) is 1. The van der Waals surface area contributed by atoms with Gasteiger partial charge in [-0.2, -0.15) is 0 Å². The summed E-state index contributed by atoms with van der Waals surface area (Å²) in [5.74, 6) is 1.66. The van der Waals surface area contributed by atoms with Crippen molar-refractivity contribution in [1.29, 1.82) is 0 Å². The van der Waals surface area contributed by atoms with Crippen molar-refractivity contribution in [2.75, 3.05) is 34.9 Å². The molecule has 4 rings (SSSR count). The minimum Gasteiger partial charge on any atom is -0.493 e. The number of aryl methyl sites for hydroxylation is 2. The Kier molecular flexibility index (Phi) is 6.99. The molecular formula is C26H31N3O4. The number of hydrogen-bond acceptors (Lipinski definition) is 6. The Morgan fingerprint density at radius 1 is 1.03 bits per heavy atom. The molecular weight excluding hydrogens is 418 g/mol. The van der Waals surface area contributed by atoms with Crippen LogP contribution in [-0.2, 0) is 12.8 Å². The summed E-state index contributed by atoms with van der Waals surface area (Å²) in [4.78, 5) is 14.9. The maximum atomic E-state index is 12.8. The molecule has 1 amide bonds. The van der Waals surface area contributed by atoms with E-state index in [9.17, 15) is 4.79 Å². The average Bonchev–Trinajstić information content (AvgIpc) is 3.34. The number of carbonyl (C=O) groups excluding carboxylic acids is 1. The van der Waals surface area contributed by atoms with Crippen LogP contribution in [0.4, 0.5) is 0 Å². The van der Waals surface area contributed by atoms with E-state index in [1.807, 2.05) is 43.3 Å². The van der Waals surface area contributed by atoms with Gasteiger partial charge in [-0.1, -0.05) is 23.4 Å². The Balaban J connectivity index is 1.45. The molecule has 0 bridgehead atoms. The molecule has 0 radical (unpaired) electrons. The first-order valence-electron chi connectivity index (χ1n) is 11.3. The number of nitrogens with zero attached hydrogens (tertiary/aromatic N) is 2. The van der Waals surface area contributed by atoms with Gasteiger partial charge in [-0.15, -0.1) is 0 Å². The number of likely N-dealkylation sites (N-methyl/N-ethyl adjacent to an activating group) is 1. The minimum atomic E-state index is -0.268. The molecule has 3 aromatic rings. The highest BCUT2D eigenvalue weighted by Gasteiger charge is 2.20. The van der Waals surface area contributed by atoms with Crippen molar-refractivity contribution in [2.24, 2.45) is 0 Å². The van der Waals surface area contributed by atoms with E-state index in [2.05, 4.69) is 22.6 Å². The molecule has 1 unspecified atom stereocenters. The molecule has 7 heteroatoms. The Bertz CT molecular complexity index is 1120. The number of methoxy groups -OCH3 is 2. The second kappa shape index (κ2) is 10.1. The Morgan fingerprint density at radius 2 is 1.79 bits per heavy atom. The van der Waals surface area contributed by atoms with Gasteiger partial charge in [0.2, 0.25) is 0 Å². The van der Waals surface area contributed by atoms with Crippen LogP contribution in [0.1, 0.15) is 46.1 Å². The van der Waals surface area contributed by atoms with Gasteiger partial charge in [0.15, 0.2) is 23.0 Å². The molecule has 1 atom stereocenters. The van der Waals surface area contributed by atoms with Gasteiger partial charge < -0.3 is 24.2 Å². The predicted molar refractivity (Wildman–Crippen MR) is 127 cm³/mol. The Labute approximate surface area is 194 Å². The second-order valence-electron chi connectivity index (χ2n) is 8.57. The van der Waals surface area contributed by atoms with Crippen molar-refractivity contribution in [3.05, 3.63) is 64.8 Å². The van der Waals surface area contributed by atoms with Gasteiger partial charge in [0, 0.05) is 18.2 Å². The third kappa shape index (κ3) is 5.03. The van der Waals surface area contributed by atoms with Gasteiger partial charge in [-0.3, -0.25) is 4.79 Å². The molecule has 7 nitrogen and oxygen atoms in total. The van der Waals surface area contributed by atoms with E-state index in [1.165, 1.54) is 24.0 Å². The standard InChI is InChI=1S/C26H31N3O4/c1-29(2)22(19-11-12-23(31-3)25(14-19)32-4)16-27-26(30)21-15-24(33-28-21)20-10-9-17-7-5-6-8-18(17)13-20/h9-15,22H,5-8,16H2,1-4H3,(H,27,30). The lowest BCUT2D eigenvalue weighted by atomic mass is 9.90. The lowest BCUT2D eigenvalue weighted by Crippen LogP contribution is -2.34. The smallest absolute Gasteiger partial charge is 0.273 e. The van der Waals surface area contributed by atoms with Crippen molar-refractivity contribution in [1.82, 2.24) is 15.4 Å². The molecule has 1 aliphatic carbocycles. The molecule has 1 aliphatic rings. The number of amides is 1. The highest BCUT2D eigenvalue weighted by molar-refractivity contribution is 5.93. The Morgan fingerprint density at radius 3 is 2.52 bits per heavy atom. The highest BCUT2D eigenvalue weighted by atomic mass is 16.5. The minimum absolute atomic E-state index is 0.0548. The van der Waals surface area contributed by atoms with E-state index in [-0.39, 0.29) is 17.6 Å². The highest BCUT2D eigenvalue weighted by Crippen LogP contribution is 2.31. The zero-order chi connectivity index (χ0) is 23.4. The van der Waals surface area contributed by atoms with Gasteiger partial charge in [0.1, 0.15) is 0 Å². The molecule has 1 heterocycles. The summed E-state index contributed by atoms with van der Waals surface area (Å²) >= 11 is 0. The van der Waals surface area contributed by atoms with Crippen LogP contribution in [0.15, 0.2) is 47.0 Å². The molecule has 33 heavy (non-hydrogen) atoms. The van der Waals surface area contributed by atoms with Crippen LogP contribution in [-0.4, -0.2) is 50.8 Å². The lowest BCUT2D eigenvalue weighted by Gasteiger charge is -2.25. The number of aromatic nitrogens is 1. The van der Waals surface area contributed by atoms with Crippen LogP contribution < -0.4 is 14.8 Å². The van der Waals surface area contributed by atoms with E-state index >= 15 is 0 Å². The SMILES string of the molecule is COc1ccc(C(CNC(=O)c2cc(-c3ccc4c(c3)CCCC4)on2)N(C)C)cc1OC. The van der Waals surface area contributed by atoms with E-state index in [4.69, 9.17) is 14.0 Å². The third-order valence-electron chi connectivity index (χ3n) is 6.25. The van der Waals surface area contributed by atoms with Gasteiger partial charge >= 0.3 is 0 Å². The molecule has 0 saturated heterocycles. The zero-order valence-electron chi connectivity index (χ0n) is 19.7. The van der Waals surface area contributed by atoms with Crippen LogP contribution >= 0.6 is 0 Å². The van der Waals surface area contributed by atoms with Gasteiger partial charge in [0.05, 0.1) is 20.3 Å². The van der Waals surface area contributed by atoms with E-state index in [0.29, 0.717) is 23.8 Å².